The highest BCUT2D eigenvalue weighted by Crippen LogP contribution is 2.32. The van der Waals surface area contributed by atoms with Gasteiger partial charge in [-0.1, -0.05) is 23.2 Å². The summed E-state index contributed by atoms with van der Waals surface area (Å²) in [4.78, 5) is 11.7. The normalized spacial score (nSPS) is 10.5. The molecule has 4 nitrogen and oxygen atoms in total. The average Bonchev–Trinajstić information content (AvgIpc) is 2.33. The van der Waals surface area contributed by atoms with Crippen molar-refractivity contribution in [3.8, 4) is 0 Å². The molecule has 19 heavy (non-hydrogen) atoms. The Labute approximate surface area is 126 Å². The highest BCUT2D eigenvalue weighted by atomic mass is 35.5. The number of amides is 1. The number of hydrogen-bond donors (Lipinski definition) is 3. The van der Waals surface area contributed by atoms with Gasteiger partial charge in [0.25, 0.3) is 0 Å². The predicted molar refractivity (Wildman–Crippen MR) is 83.1 cm³/mol. The molecule has 0 saturated heterocycles. The highest BCUT2D eigenvalue weighted by molar-refractivity contribution is 7.99. The molecule has 0 aliphatic carbocycles. The fourth-order valence-electron chi connectivity index (χ4n) is 1.43. The zero-order valence-electron chi connectivity index (χ0n) is 10.3. The van der Waals surface area contributed by atoms with E-state index in [0.29, 0.717) is 33.6 Å². The molecule has 0 aromatic heterocycles. The van der Waals surface area contributed by atoms with Crippen molar-refractivity contribution in [3.63, 3.8) is 0 Å². The van der Waals surface area contributed by atoms with E-state index < -0.39 is 0 Å². The summed E-state index contributed by atoms with van der Waals surface area (Å²) in [5.74, 6) is 1.38. The maximum Gasteiger partial charge on any atom is 0.224 e. The van der Waals surface area contributed by atoms with Crippen molar-refractivity contribution in [2.75, 3.05) is 29.2 Å². The van der Waals surface area contributed by atoms with Crippen molar-refractivity contribution in [1.82, 2.24) is 0 Å². The first kappa shape index (κ1) is 16.4. The maximum absolute atomic E-state index is 11.7. The zero-order valence-corrected chi connectivity index (χ0v) is 12.6. The van der Waals surface area contributed by atoms with Crippen molar-refractivity contribution in [2.45, 2.75) is 12.8 Å². The van der Waals surface area contributed by atoms with Crippen LogP contribution >= 0.6 is 35.0 Å². The minimum Gasteiger partial charge on any atom is -0.397 e. The van der Waals surface area contributed by atoms with E-state index in [-0.39, 0.29) is 12.5 Å². The summed E-state index contributed by atoms with van der Waals surface area (Å²) in [6, 6.07) is 3.08. The van der Waals surface area contributed by atoms with E-state index in [4.69, 9.17) is 34.0 Å². The fraction of sp³-hybridized carbons (Fsp3) is 0.417. The third kappa shape index (κ3) is 5.91. The molecule has 1 amide bonds. The second-order valence-corrected chi connectivity index (χ2v) is 5.91. The summed E-state index contributed by atoms with van der Waals surface area (Å²) in [6.45, 7) is 0.160. The van der Waals surface area contributed by atoms with Crippen molar-refractivity contribution < 1.29 is 9.90 Å². The van der Waals surface area contributed by atoms with E-state index in [9.17, 15) is 4.79 Å². The third-order valence-corrected chi connectivity index (χ3v) is 3.84. The molecule has 1 aromatic carbocycles. The molecule has 1 rings (SSSR count). The Balaban J connectivity index is 2.44. The molecule has 0 unspecified atom stereocenters. The van der Waals surface area contributed by atoms with Gasteiger partial charge in [-0.3, -0.25) is 4.79 Å². The number of hydrogen-bond acceptors (Lipinski definition) is 4. The van der Waals surface area contributed by atoms with Crippen molar-refractivity contribution >= 4 is 52.2 Å². The first-order chi connectivity index (χ1) is 9.04. The van der Waals surface area contributed by atoms with Crippen molar-refractivity contribution in [3.05, 3.63) is 22.2 Å². The van der Waals surface area contributed by atoms with Crippen LogP contribution in [0, 0.1) is 0 Å². The number of benzene rings is 1. The van der Waals surface area contributed by atoms with Gasteiger partial charge in [0.1, 0.15) is 0 Å². The van der Waals surface area contributed by atoms with Gasteiger partial charge in [-0.2, -0.15) is 11.8 Å². The lowest BCUT2D eigenvalue weighted by molar-refractivity contribution is -0.116. The number of aliphatic hydroxyl groups excluding tert-OH is 1. The Bertz CT molecular complexity index is 421. The van der Waals surface area contributed by atoms with Gasteiger partial charge < -0.3 is 16.2 Å². The first-order valence-corrected chi connectivity index (χ1v) is 7.68. The monoisotopic (exact) mass is 322 g/mol. The Morgan fingerprint density at radius 2 is 2.11 bits per heavy atom. The van der Waals surface area contributed by atoms with Crippen molar-refractivity contribution in [2.24, 2.45) is 0 Å². The average molecular weight is 323 g/mol. The molecule has 0 bridgehead atoms. The number of nitrogens with one attached hydrogen (secondary N) is 1. The maximum atomic E-state index is 11.7. The molecular weight excluding hydrogens is 307 g/mol. The van der Waals surface area contributed by atoms with Gasteiger partial charge >= 0.3 is 0 Å². The molecule has 0 fully saturated rings. The minimum atomic E-state index is -0.138. The topological polar surface area (TPSA) is 75.3 Å². The van der Waals surface area contributed by atoms with Gasteiger partial charge in [-0.05, 0) is 24.3 Å². The lowest BCUT2D eigenvalue weighted by atomic mass is 10.2. The van der Waals surface area contributed by atoms with Gasteiger partial charge in [0.2, 0.25) is 5.91 Å². The largest absolute Gasteiger partial charge is 0.397 e. The van der Waals surface area contributed by atoms with Crippen LogP contribution in [0.3, 0.4) is 0 Å². The number of thioether (sulfide) groups is 1. The number of carbonyl (C=O) groups excluding carboxylic acids is 1. The smallest absolute Gasteiger partial charge is 0.224 e. The van der Waals surface area contributed by atoms with E-state index in [1.165, 1.54) is 6.07 Å². The molecule has 0 spiro atoms. The van der Waals surface area contributed by atoms with Gasteiger partial charge in [0, 0.05) is 17.2 Å². The van der Waals surface area contributed by atoms with Crippen LogP contribution < -0.4 is 11.1 Å². The number of rotatable bonds is 7. The molecule has 0 aliphatic rings. The number of anilines is 2. The van der Waals surface area contributed by atoms with Crippen LogP contribution in [0.1, 0.15) is 12.8 Å². The Morgan fingerprint density at radius 1 is 1.37 bits per heavy atom. The number of aliphatic hydroxyl groups is 1. The van der Waals surface area contributed by atoms with Crippen LogP contribution in [0.25, 0.3) is 0 Å². The molecule has 0 atom stereocenters. The van der Waals surface area contributed by atoms with Gasteiger partial charge in [-0.15, -0.1) is 0 Å². The third-order valence-electron chi connectivity index (χ3n) is 2.28. The summed E-state index contributed by atoms with van der Waals surface area (Å²) in [5, 5.41) is 12.1. The van der Waals surface area contributed by atoms with Gasteiger partial charge in [0.05, 0.1) is 23.0 Å². The van der Waals surface area contributed by atoms with Crippen LogP contribution in [0.5, 0.6) is 0 Å². The predicted octanol–water partition coefficient (Wildman–Crippen LogP) is 3.02. The number of nitrogens with two attached hydrogens (primary N) is 1. The summed E-state index contributed by atoms with van der Waals surface area (Å²) in [7, 11) is 0. The first-order valence-electron chi connectivity index (χ1n) is 5.77. The van der Waals surface area contributed by atoms with Crippen LogP contribution in [-0.2, 0) is 4.79 Å². The lowest BCUT2D eigenvalue weighted by Crippen LogP contribution is -2.13. The van der Waals surface area contributed by atoms with Crippen LogP contribution in [-0.4, -0.2) is 29.1 Å². The lowest BCUT2D eigenvalue weighted by Gasteiger charge is -2.10. The molecule has 0 radical (unpaired) electrons. The Morgan fingerprint density at radius 3 is 2.74 bits per heavy atom. The van der Waals surface area contributed by atoms with E-state index in [0.717, 1.165) is 12.2 Å². The molecule has 7 heteroatoms. The summed E-state index contributed by atoms with van der Waals surface area (Å²) < 4.78 is 0. The van der Waals surface area contributed by atoms with Gasteiger partial charge in [-0.25, -0.2) is 0 Å². The Hall–Kier alpha value is -0.620. The quantitative estimate of drug-likeness (QED) is 0.532. The van der Waals surface area contributed by atoms with Crippen LogP contribution in [0.15, 0.2) is 12.1 Å². The molecule has 0 heterocycles. The molecular formula is C12H16Cl2N2O2S. The second kappa shape index (κ2) is 8.53. The molecule has 0 aliphatic heterocycles. The minimum absolute atomic E-state index is 0.138. The second-order valence-electron chi connectivity index (χ2n) is 3.84. The fourth-order valence-corrected chi connectivity index (χ4v) is 2.67. The number of carbonyl (C=O) groups is 1. The van der Waals surface area contributed by atoms with E-state index in [2.05, 4.69) is 5.32 Å². The van der Waals surface area contributed by atoms with E-state index in [1.54, 1.807) is 17.8 Å². The number of nitrogen functional groups attached to an aromatic ring is 1. The summed E-state index contributed by atoms with van der Waals surface area (Å²) >= 11 is 13.4. The number of halogens is 2. The summed E-state index contributed by atoms with van der Waals surface area (Å²) in [6.07, 6.45) is 1.12. The SMILES string of the molecule is Nc1cc(Cl)cc(Cl)c1NC(=O)CCCSCCO. The molecule has 1 aromatic rings. The molecule has 4 N–H and O–H groups in total. The van der Waals surface area contributed by atoms with E-state index in [1.807, 2.05) is 0 Å². The van der Waals surface area contributed by atoms with Crippen molar-refractivity contribution in [1.29, 1.82) is 0 Å². The molecule has 106 valence electrons. The zero-order chi connectivity index (χ0) is 14.3. The van der Waals surface area contributed by atoms with Gasteiger partial charge in [0.15, 0.2) is 0 Å². The summed E-state index contributed by atoms with van der Waals surface area (Å²) in [5.41, 5.74) is 6.50. The highest BCUT2D eigenvalue weighted by Gasteiger charge is 2.10. The van der Waals surface area contributed by atoms with Crippen LogP contribution in [0.2, 0.25) is 10.0 Å². The van der Waals surface area contributed by atoms with Crippen LogP contribution in [0.4, 0.5) is 11.4 Å². The molecule has 0 saturated carbocycles. The standard InChI is InChI=1S/C12H16Cl2N2O2S/c13-8-6-9(14)12(10(15)7-8)16-11(18)2-1-4-19-5-3-17/h6-7,17H,1-5,15H2,(H,16,18). The van der Waals surface area contributed by atoms with E-state index >= 15 is 0 Å². The Kier molecular flexibility index (Phi) is 7.38.